The maximum absolute atomic E-state index is 12.5. The van der Waals surface area contributed by atoms with E-state index in [0.29, 0.717) is 18.5 Å². The van der Waals surface area contributed by atoms with Crippen LogP contribution < -0.4 is 5.73 Å². The first-order chi connectivity index (χ1) is 10.1. The molecule has 2 atom stereocenters. The lowest BCUT2D eigenvalue weighted by Crippen LogP contribution is -2.56. The van der Waals surface area contributed by atoms with Crippen LogP contribution in [0.2, 0.25) is 0 Å². The second-order valence-corrected chi connectivity index (χ2v) is 6.38. The second kappa shape index (κ2) is 6.06. The Kier molecular flexibility index (Phi) is 4.15. The van der Waals surface area contributed by atoms with Crippen LogP contribution in [0.25, 0.3) is 0 Å². The van der Waals surface area contributed by atoms with Crippen LogP contribution in [0, 0.1) is 0 Å². The summed E-state index contributed by atoms with van der Waals surface area (Å²) >= 11 is 0. The Hall–Kier alpha value is -1.55. The van der Waals surface area contributed by atoms with Gasteiger partial charge in [0.25, 0.3) is 0 Å². The van der Waals surface area contributed by atoms with Crippen molar-refractivity contribution in [3.05, 3.63) is 29.8 Å². The highest BCUT2D eigenvalue weighted by molar-refractivity contribution is 5.77. The van der Waals surface area contributed by atoms with Gasteiger partial charge in [0.2, 0.25) is 5.91 Å². The number of fused-ring (bicyclic) bond motifs is 1. The van der Waals surface area contributed by atoms with Gasteiger partial charge in [-0.2, -0.15) is 0 Å². The number of carbonyl (C=O) groups is 1. The van der Waals surface area contributed by atoms with Crippen LogP contribution in [0.1, 0.15) is 31.7 Å². The molecule has 2 fully saturated rings. The number of rotatable bonds is 3. The first-order valence-corrected chi connectivity index (χ1v) is 8.02. The maximum Gasteiger partial charge on any atom is 0.223 e. The third-order valence-electron chi connectivity index (χ3n) is 4.92. The zero-order chi connectivity index (χ0) is 14.8. The molecule has 114 valence electrons. The summed E-state index contributed by atoms with van der Waals surface area (Å²) < 4.78 is 0. The largest absolute Gasteiger partial charge is 0.399 e. The molecule has 0 bridgehead atoms. The Morgan fingerprint density at radius 1 is 1.33 bits per heavy atom. The normalized spacial score (nSPS) is 25.9. The van der Waals surface area contributed by atoms with E-state index < -0.39 is 0 Å². The highest BCUT2D eigenvalue weighted by atomic mass is 16.2. The van der Waals surface area contributed by atoms with Crippen molar-refractivity contribution in [2.75, 3.05) is 25.4 Å². The average Bonchev–Trinajstić information content (AvgIpc) is 2.92. The van der Waals surface area contributed by atoms with E-state index >= 15 is 0 Å². The molecule has 0 radical (unpaired) electrons. The molecule has 2 N–H and O–H groups in total. The van der Waals surface area contributed by atoms with Crippen LogP contribution in [-0.4, -0.2) is 47.4 Å². The van der Waals surface area contributed by atoms with E-state index in [4.69, 9.17) is 5.73 Å². The molecule has 0 saturated carbocycles. The van der Waals surface area contributed by atoms with E-state index in [9.17, 15) is 4.79 Å². The molecule has 21 heavy (non-hydrogen) atoms. The van der Waals surface area contributed by atoms with E-state index in [-0.39, 0.29) is 5.91 Å². The number of nitrogen functional groups attached to an aromatic ring is 1. The second-order valence-electron chi connectivity index (χ2n) is 6.38. The van der Waals surface area contributed by atoms with Gasteiger partial charge >= 0.3 is 0 Å². The van der Waals surface area contributed by atoms with Crippen molar-refractivity contribution in [3.8, 4) is 0 Å². The zero-order valence-electron chi connectivity index (χ0n) is 12.8. The molecule has 3 rings (SSSR count). The number of nitrogens with two attached hydrogens (primary N) is 1. The molecular weight excluding hydrogens is 262 g/mol. The summed E-state index contributed by atoms with van der Waals surface area (Å²) in [4.78, 5) is 17.2. The summed E-state index contributed by atoms with van der Waals surface area (Å²) in [6, 6.07) is 8.76. The van der Waals surface area contributed by atoms with Crippen molar-refractivity contribution in [2.24, 2.45) is 0 Å². The molecule has 1 aromatic carbocycles. The number of aryl methyl sites for hydroxylation is 1. The molecular formula is C17H25N3O. The Bertz CT molecular complexity index is 517. The maximum atomic E-state index is 12.5. The number of hydrogen-bond donors (Lipinski definition) is 1. The van der Waals surface area contributed by atoms with Crippen LogP contribution >= 0.6 is 0 Å². The third-order valence-corrected chi connectivity index (χ3v) is 4.92. The van der Waals surface area contributed by atoms with Crippen LogP contribution in [0.4, 0.5) is 5.69 Å². The van der Waals surface area contributed by atoms with Crippen molar-refractivity contribution in [1.82, 2.24) is 9.80 Å². The van der Waals surface area contributed by atoms with E-state index in [2.05, 4.69) is 16.7 Å². The average molecular weight is 287 g/mol. The number of carbonyl (C=O) groups excluding carboxylic acids is 1. The fourth-order valence-electron chi connectivity index (χ4n) is 3.68. The van der Waals surface area contributed by atoms with Gasteiger partial charge in [-0.3, -0.25) is 9.69 Å². The molecule has 2 aliphatic heterocycles. The molecule has 4 nitrogen and oxygen atoms in total. The summed E-state index contributed by atoms with van der Waals surface area (Å²) in [5.41, 5.74) is 7.82. The highest BCUT2D eigenvalue weighted by Crippen LogP contribution is 2.25. The topological polar surface area (TPSA) is 49.6 Å². The number of anilines is 1. The van der Waals surface area contributed by atoms with Crippen molar-refractivity contribution in [3.63, 3.8) is 0 Å². The van der Waals surface area contributed by atoms with Crippen molar-refractivity contribution in [2.45, 2.75) is 44.7 Å². The van der Waals surface area contributed by atoms with E-state index in [0.717, 1.165) is 30.8 Å². The van der Waals surface area contributed by atoms with Gasteiger partial charge in [0.15, 0.2) is 0 Å². The van der Waals surface area contributed by atoms with Crippen molar-refractivity contribution >= 4 is 11.6 Å². The standard InChI is InChI=1S/C17H25N3O/c1-13-11-19-10-4-6-15(19)12-20(13)17(21)9-8-14-5-2-3-7-16(14)18/h2-3,5,7,13,15H,4,6,8-12,18H2,1H3. The van der Waals surface area contributed by atoms with Gasteiger partial charge in [0.1, 0.15) is 0 Å². The molecule has 1 aromatic rings. The Morgan fingerprint density at radius 3 is 2.95 bits per heavy atom. The molecule has 2 saturated heterocycles. The number of nitrogens with zero attached hydrogens (tertiary/aromatic N) is 2. The Morgan fingerprint density at radius 2 is 2.14 bits per heavy atom. The molecule has 0 aromatic heterocycles. The van der Waals surface area contributed by atoms with Gasteiger partial charge in [0, 0.05) is 37.3 Å². The minimum Gasteiger partial charge on any atom is -0.399 e. The number of piperazine rings is 1. The SMILES string of the molecule is CC1CN2CCCC2CN1C(=O)CCc1ccccc1N. The molecule has 4 heteroatoms. The lowest BCUT2D eigenvalue weighted by atomic mass is 10.0. The fraction of sp³-hybridized carbons (Fsp3) is 0.588. The predicted octanol–water partition coefficient (Wildman–Crippen LogP) is 1.90. The zero-order valence-corrected chi connectivity index (χ0v) is 12.8. The first kappa shape index (κ1) is 14.4. The minimum absolute atomic E-state index is 0.275. The summed E-state index contributed by atoms with van der Waals surface area (Å²) in [6.45, 7) is 5.31. The molecule has 0 aliphatic carbocycles. The summed E-state index contributed by atoms with van der Waals surface area (Å²) in [5.74, 6) is 0.275. The van der Waals surface area contributed by atoms with Crippen LogP contribution in [0.5, 0.6) is 0 Å². The van der Waals surface area contributed by atoms with Gasteiger partial charge in [0.05, 0.1) is 0 Å². The van der Waals surface area contributed by atoms with Gasteiger partial charge < -0.3 is 10.6 Å². The summed E-state index contributed by atoms with van der Waals surface area (Å²) in [5, 5.41) is 0. The third kappa shape index (κ3) is 3.05. The minimum atomic E-state index is 0.275. The molecule has 2 aliphatic rings. The smallest absolute Gasteiger partial charge is 0.223 e. The van der Waals surface area contributed by atoms with Gasteiger partial charge in [-0.1, -0.05) is 18.2 Å². The number of hydrogen-bond acceptors (Lipinski definition) is 3. The number of para-hydroxylation sites is 1. The molecule has 0 spiro atoms. The first-order valence-electron chi connectivity index (χ1n) is 8.02. The highest BCUT2D eigenvalue weighted by Gasteiger charge is 2.36. The van der Waals surface area contributed by atoms with E-state index in [1.807, 2.05) is 24.3 Å². The van der Waals surface area contributed by atoms with Gasteiger partial charge in [-0.25, -0.2) is 0 Å². The summed E-state index contributed by atoms with van der Waals surface area (Å²) in [7, 11) is 0. The molecule has 1 amide bonds. The lowest BCUT2D eigenvalue weighted by Gasteiger charge is -2.42. The predicted molar refractivity (Wildman–Crippen MR) is 84.9 cm³/mol. The number of benzene rings is 1. The van der Waals surface area contributed by atoms with Gasteiger partial charge in [-0.15, -0.1) is 0 Å². The summed E-state index contributed by atoms with van der Waals surface area (Å²) in [6.07, 6.45) is 3.82. The van der Waals surface area contributed by atoms with Crippen LogP contribution in [0.15, 0.2) is 24.3 Å². The monoisotopic (exact) mass is 287 g/mol. The fourth-order valence-corrected chi connectivity index (χ4v) is 3.68. The Balaban J connectivity index is 1.59. The quantitative estimate of drug-likeness (QED) is 0.864. The van der Waals surface area contributed by atoms with Crippen LogP contribution in [-0.2, 0) is 11.2 Å². The molecule has 2 heterocycles. The lowest BCUT2D eigenvalue weighted by molar-refractivity contribution is -0.136. The van der Waals surface area contributed by atoms with E-state index in [1.165, 1.54) is 19.4 Å². The van der Waals surface area contributed by atoms with Crippen molar-refractivity contribution < 1.29 is 4.79 Å². The van der Waals surface area contributed by atoms with Crippen LogP contribution in [0.3, 0.4) is 0 Å². The Labute approximate surface area is 126 Å². The number of amides is 1. The van der Waals surface area contributed by atoms with Gasteiger partial charge in [-0.05, 0) is 44.4 Å². The molecule has 2 unspecified atom stereocenters. The van der Waals surface area contributed by atoms with Crippen molar-refractivity contribution in [1.29, 1.82) is 0 Å². The van der Waals surface area contributed by atoms with E-state index in [1.54, 1.807) is 0 Å².